The Morgan fingerprint density at radius 2 is 2.05 bits per heavy atom. The summed E-state index contributed by atoms with van der Waals surface area (Å²) in [6.45, 7) is 3.95. The molecule has 120 valence electrons. The maximum absolute atomic E-state index is 14.0. The van der Waals surface area contributed by atoms with Crippen molar-refractivity contribution in [3.05, 3.63) is 34.6 Å². The second kappa shape index (κ2) is 6.84. The number of halogens is 2. The SMILES string of the molecule is O=C1NCCCN1C1CCN(Cc2cccc(Cl)c2F)CC1. The molecule has 6 heteroatoms. The van der Waals surface area contributed by atoms with Crippen LogP contribution in [0.15, 0.2) is 18.2 Å². The molecule has 0 aromatic heterocycles. The van der Waals surface area contributed by atoms with Crippen molar-refractivity contribution in [1.29, 1.82) is 0 Å². The molecule has 2 aliphatic rings. The van der Waals surface area contributed by atoms with Gasteiger partial charge < -0.3 is 10.2 Å². The number of benzene rings is 1. The van der Waals surface area contributed by atoms with Gasteiger partial charge in [0.1, 0.15) is 5.82 Å². The Bertz CT molecular complexity index is 546. The van der Waals surface area contributed by atoms with Crippen LogP contribution in [0.5, 0.6) is 0 Å². The minimum Gasteiger partial charge on any atom is -0.338 e. The molecule has 0 unspecified atom stereocenters. The molecule has 1 N–H and O–H groups in total. The summed E-state index contributed by atoms with van der Waals surface area (Å²) in [4.78, 5) is 16.1. The Kier molecular flexibility index (Phi) is 4.84. The van der Waals surface area contributed by atoms with Gasteiger partial charge in [0.25, 0.3) is 0 Å². The average Bonchev–Trinajstić information content (AvgIpc) is 2.53. The van der Waals surface area contributed by atoms with Crippen LogP contribution >= 0.6 is 11.6 Å². The highest BCUT2D eigenvalue weighted by molar-refractivity contribution is 6.30. The molecule has 0 aliphatic carbocycles. The minimum absolute atomic E-state index is 0.0607. The van der Waals surface area contributed by atoms with Gasteiger partial charge >= 0.3 is 6.03 Å². The summed E-state index contributed by atoms with van der Waals surface area (Å²) in [6.07, 6.45) is 2.89. The van der Waals surface area contributed by atoms with Crippen molar-refractivity contribution in [3.8, 4) is 0 Å². The number of carbonyl (C=O) groups is 1. The van der Waals surface area contributed by atoms with Crippen LogP contribution in [0, 0.1) is 5.82 Å². The van der Waals surface area contributed by atoms with E-state index in [9.17, 15) is 9.18 Å². The second-order valence-electron chi connectivity index (χ2n) is 6.00. The molecule has 2 saturated heterocycles. The maximum atomic E-state index is 14.0. The number of carbonyl (C=O) groups excluding carboxylic acids is 1. The lowest BCUT2D eigenvalue weighted by Crippen LogP contribution is -2.54. The summed E-state index contributed by atoms with van der Waals surface area (Å²) < 4.78 is 14.0. The molecule has 1 aromatic rings. The van der Waals surface area contributed by atoms with Crippen LogP contribution < -0.4 is 5.32 Å². The number of hydrogen-bond acceptors (Lipinski definition) is 2. The van der Waals surface area contributed by atoms with Crippen LogP contribution in [0.3, 0.4) is 0 Å². The number of hydrogen-bond donors (Lipinski definition) is 1. The number of urea groups is 1. The maximum Gasteiger partial charge on any atom is 0.317 e. The summed E-state index contributed by atoms with van der Waals surface area (Å²) in [6, 6.07) is 5.50. The van der Waals surface area contributed by atoms with E-state index in [2.05, 4.69) is 10.2 Å². The Morgan fingerprint density at radius 3 is 2.77 bits per heavy atom. The molecule has 2 fully saturated rings. The molecule has 4 nitrogen and oxygen atoms in total. The fraction of sp³-hybridized carbons (Fsp3) is 0.562. The van der Waals surface area contributed by atoms with Gasteiger partial charge in [-0.2, -0.15) is 0 Å². The molecule has 0 spiro atoms. The van der Waals surface area contributed by atoms with Crippen molar-refractivity contribution in [2.24, 2.45) is 0 Å². The third-order valence-electron chi connectivity index (χ3n) is 4.54. The van der Waals surface area contributed by atoms with E-state index in [0.717, 1.165) is 45.4 Å². The van der Waals surface area contributed by atoms with Gasteiger partial charge in [0.05, 0.1) is 5.02 Å². The van der Waals surface area contributed by atoms with Crippen molar-refractivity contribution in [3.63, 3.8) is 0 Å². The molecule has 2 heterocycles. The second-order valence-corrected chi connectivity index (χ2v) is 6.41. The van der Waals surface area contributed by atoms with Crippen LogP contribution in [-0.2, 0) is 6.54 Å². The van der Waals surface area contributed by atoms with Crippen LogP contribution in [0.2, 0.25) is 5.02 Å². The topological polar surface area (TPSA) is 35.6 Å². The summed E-state index contributed by atoms with van der Waals surface area (Å²) in [5.41, 5.74) is 0.640. The first kappa shape index (κ1) is 15.6. The van der Waals surface area contributed by atoms with E-state index in [1.165, 1.54) is 0 Å². The fourth-order valence-corrected chi connectivity index (χ4v) is 3.49. The third kappa shape index (κ3) is 3.36. The van der Waals surface area contributed by atoms with E-state index in [1.54, 1.807) is 18.2 Å². The van der Waals surface area contributed by atoms with E-state index in [0.29, 0.717) is 18.2 Å². The standard InChI is InChI=1S/C16H21ClFN3O/c17-14-4-1-3-12(15(14)18)11-20-9-5-13(6-10-20)21-8-2-7-19-16(21)22/h1,3-4,13H,2,5-11H2,(H,19,22). The van der Waals surface area contributed by atoms with E-state index in [1.807, 2.05) is 4.90 Å². The molecule has 0 saturated carbocycles. The molecular formula is C16H21ClFN3O. The summed E-state index contributed by atoms with van der Waals surface area (Å²) in [5.74, 6) is -0.318. The first-order valence-corrected chi connectivity index (χ1v) is 8.22. The van der Waals surface area contributed by atoms with E-state index in [-0.39, 0.29) is 16.9 Å². The van der Waals surface area contributed by atoms with Crippen molar-refractivity contribution in [2.75, 3.05) is 26.2 Å². The van der Waals surface area contributed by atoms with Gasteiger partial charge in [0, 0.05) is 44.3 Å². The Hall–Kier alpha value is -1.33. The van der Waals surface area contributed by atoms with Gasteiger partial charge in [-0.1, -0.05) is 23.7 Å². The summed E-state index contributed by atoms with van der Waals surface area (Å²) in [5, 5.41) is 3.08. The molecule has 0 radical (unpaired) electrons. The zero-order valence-corrected chi connectivity index (χ0v) is 13.3. The van der Waals surface area contributed by atoms with Gasteiger partial charge in [-0.3, -0.25) is 4.90 Å². The van der Waals surface area contributed by atoms with Gasteiger partial charge in [-0.25, -0.2) is 9.18 Å². The molecule has 3 rings (SSSR count). The number of piperidine rings is 1. The monoisotopic (exact) mass is 325 g/mol. The Morgan fingerprint density at radius 1 is 1.27 bits per heavy atom. The minimum atomic E-state index is -0.318. The lowest BCUT2D eigenvalue weighted by Gasteiger charge is -2.40. The highest BCUT2D eigenvalue weighted by Gasteiger charge is 2.29. The third-order valence-corrected chi connectivity index (χ3v) is 4.83. The van der Waals surface area contributed by atoms with Crippen LogP contribution in [-0.4, -0.2) is 48.1 Å². The van der Waals surface area contributed by atoms with Gasteiger partial charge in [-0.15, -0.1) is 0 Å². The predicted molar refractivity (Wildman–Crippen MR) is 84.4 cm³/mol. The highest BCUT2D eigenvalue weighted by Crippen LogP contribution is 2.23. The van der Waals surface area contributed by atoms with E-state index < -0.39 is 0 Å². The molecule has 0 bridgehead atoms. The normalized spacial score (nSPS) is 21.0. The van der Waals surface area contributed by atoms with Crippen molar-refractivity contribution >= 4 is 17.6 Å². The van der Waals surface area contributed by atoms with E-state index >= 15 is 0 Å². The summed E-state index contributed by atoms with van der Waals surface area (Å²) >= 11 is 5.83. The van der Waals surface area contributed by atoms with Gasteiger partial charge in [0.2, 0.25) is 0 Å². The molecular weight excluding hydrogens is 305 g/mol. The number of likely N-dealkylation sites (tertiary alicyclic amines) is 1. The molecule has 2 aliphatic heterocycles. The zero-order chi connectivity index (χ0) is 15.5. The smallest absolute Gasteiger partial charge is 0.317 e. The van der Waals surface area contributed by atoms with Crippen molar-refractivity contribution in [1.82, 2.24) is 15.1 Å². The molecule has 22 heavy (non-hydrogen) atoms. The van der Waals surface area contributed by atoms with Crippen LogP contribution in [0.25, 0.3) is 0 Å². The van der Waals surface area contributed by atoms with Crippen molar-refractivity contribution < 1.29 is 9.18 Å². The number of amides is 2. The largest absolute Gasteiger partial charge is 0.338 e. The first-order chi connectivity index (χ1) is 10.6. The van der Waals surface area contributed by atoms with Crippen LogP contribution in [0.1, 0.15) is 24.8 Å². The van der Waals surface area contributed by atoms with E-state index in [4.69, 9.17) is 11.6 Å². The van der Waals surface area contributed by atoms with Crippen molar-refractivity contribution in [2.45, 2.75) is 31.8 Å². The average molecular weight is 326 g/mol. The van der Waals surface area contributed by atoms with Gasteiger partial charge in [-0.05, 0) is 25.3 Å². The highest BCUT2D eigenvalue weighted by atomic mass is 35.5. The fourth-order valence-electron chi connectivity index (χ4n) is 3.30. The molecule has 2 amide bonds. The Labute approximate surface area is 135 Å². The number of rotatable bonds is 3. The number of nitrogens with one attached hydrogen (secondary N) is 1. The lowest BCUT2D eigenvalue weighted by molar-refractivity contribution is 0.108. The molecule has 0 atom stereocenters. The lowest BCUT2D eigenvalue weighted by atomic mass is 10.0. The predicted octanol–water partition coefficient (Wildman–Crippen LogP) is 2.86. The summed E-state index contributed by atoms with van der Waals surface area (Å²) in [7, 11) is 0. The molecule has 1 aromatic carbocycles. The quantitative estimate of drug-likeness (QED) is 0.927. The van der Waals surface area contributed by atoms with Gasteiger partial charge in [0.15, 0.2) is 0 Å². The van der Waals surface area contributed by atoms with Crippen LogP contribution in [0.4, 0.5) is 9.18 Å². The first-order valence-electron chi connectivity index (χ1n) is 7.85. The Balaban J connectivity index is 1.55. The zero-order valence-electron chi connectivity index (χ0n) is 12.5. The number of nitrogens with zero attached hydrogens (tertiary/aromatic N) is 2.